The van der Waals surface area contributed by atoms with E-state index in [1.807, 2.05) is 97.1 Å². The normalized spacial score (nSPS) is 18.8. The average molecular weight is 1440 g/mol. The molecule has 536 valence electrons. The first kappa shape index (κ1) is 67.8. The van der Waals surface area contributed by atoms with Gasteiger partial charge in [0, 0.05) is 163 Å². The highest BCUT2D eigenvalue weighted by Crippen LogP contribution is 2.58. The topological polar surface area (TPSA) is 246 Å². The van der Waals surface area contributed by atoms with Crippen LogP contribution < -0.4 is 37.9 Å². The van der Waals surface area contributed by atoms with Crippen LogP contribution >= 0.6 is 0 Å². The first-order valence-corrected chi connectivity index (χ1v) is 35.9. The standard InChI is InChI=1S/C88H68N4O16/c93-89(94)61-29-13-25-57(41-61)85-101-77-49-79-71-45-69(77)65(37-33-53-17-5-1-6-18-53)70-46-72-67(39-35-55-21-9-3-10-22-55)74-48-76-68(40-36-56-23-11-4-12-24-56)75-47-73(66(71)38-34-54-19-7-2-8-20-54)81(105-86(103-79)58-26-14-30-62(42-58)90(95)96)51-83(75)107-88(60-28-16-32-64(44-60)92(99)100)108-84(76)52-82(74)106-87(104-80(72)50-78(70)102-85)59-27-15-31-63(43-59)91(97)98/h1-32,41-52,65-68,85-88H,33-40H2. The maximum Gasteiger partial charge on any atom is 0.269 e. The number of nitro groups is 4. The minimum Gasteiger partial charge on any atom is -0.450 e. The molecule has 17 rings (SSSR count). The van der Waals surface area contributed by atoms with Gasteiger partial charge in [-0.3, -0.25) is 40.5 Å². The van der Waals surface area contributed by atoms with Crippen molar-refractivity contribution in [2.24, 2.45) is 0 Å². The third kappa shape index (κ3) is 13.7. The zero-order valence-corrected chi connectivity index (χ0v) is 58.0. The zero-order chi connectivity index (χ0) is 73.5. The predicted octanol–water partition coefficient (Wildman–Crippen LogP) is 20.6. The van der Waals surface area contributed by atoms with Crippen molar-refractivity contribution in [1.29, 1.82) is 0 Å². The van der Waals surface area contributed by atoms with Gasteiger partial charge < -0.3 is 37.9 Å². The fraction of sp³-hybridized carbons (Fsp3) is 0.182. The predicted molar refractivity (Wildman–Crippen MR) is 401 cm³/mol. The van der Waals surface area contributed by atoms with Crippen LogP contribution in [0.25, 0.3) is 0 Å². The summed E-state index contributed by atoms with van der Waals surface area (Å²) in [4.78, 5) is 49.4. The van der Waals surface area contributed by atoms with E-state index in [2.05, 4.69) is 72.8 Å². The van der Waals surface area contributed by atoms with Crippen molar-refractivity contribution in [1.82, 2.24) is 0 Å². The lowest BCUT2D eigenvalue weighted by Crippen LogP contribution is -2.26. The van der Waals surface area contributed by atoms with Gasteiger partial charge in [-0.2, -0.15) is 0 Å². The molecule has 4 heterocycles. The van der Waals surface area contributed by atoms with E-state index >= 15 is 0 Å². The molecule has 0 saturated heterocycles. The summed E-state index contributed by atoms with van der Waals surface area (Å²) >= 11 is 0. The van der Waals surface area contributed by atoms with E-state index in [0.29, 0.717) is 164 Å². The summed E-state index contributed by atoms with van der Waals surface area (Å²) in [5, 5.41) is 51.3. The lowest BCUT2D eigenvalue weighted by Gasteiger charge is -2.38. The van der Waals surface area contributed by atoms with E-state index in [0.717, 1.165) is 22.3 Å². The molecular weight excluding hydrogens is 1370 g/mol. The van der Waals surface area contributed by atoms with Crippen LogP contribution in [0.5, 0.6) is 46.0 Å². The molecule has 108 heavy (non-hydrogen) atoms. The van der Waals surface area contributed by atoms with Gasteiger partial charge in [-0.25, -0.2) is 0 Å². The summed E-state index contributed by atoms with van der Waals surface area (Å²) < 4.78 is 59.2. The van der Waals surface area contributed by atoms with Crippen molar-refractivity contribution in [3.63, 3.8) is 0 Å². The van der Waals surface area contributed by atoms with Gasteiger partial charge in [-0.05, 0) is 97.9 Å². The second kappa shape index (κ2) is 28.9. The Morgan fingerprint density at radius 1 is 0.222 bits per heavy atom. The molecule has 0 unspecified atom stereocenters. The molecule has 5 aliphatic rings. The Kier molecular flexibility index (Phi) is 18.2. The van der Waals surface area contributed by atoms with Gasteiger partial charge in [0.1, 0.15) is 46.0 Å². The molecule has 0 radical (unpaired) electrons. The van der Waals surface area contributed by atoms with Crippen LogP contribution in [0.3, 0.4) is 0 Å². The monoisotopic (exact) mass is 1440 g/mol. The van der Waals surface area contributed by atoms with Gasteiger partial charge >= 0.3 is 0 Å². The summed E-state index contributed by atoms with van der Waals surface area (Å²) in [6.07, 6.45) is -1.64. The first-order valence-electron chi connectivity index (χ1n) is 35.9. The van der Waals surface area contributed by atoms with Crippen LogP contribution in [-0.2, 0) is 25.7 Å². The Bertz CT molecular complexity index is 4680. The molecule has 0 saturated carbocycles. The highest BCUT2D eigenvalue weighted by atomic mass is 16.7. The molecule has 0 fully saturated rings. The van der Waals surface area contributed by atoms with Crippen molar-refractivity contribution >= 4 is 22.7 Å². The minimum atomic E-state index is -1.41. The van der Waals surface area contributed by atoms with Crippen LogP contribution in [-0.4, -0.2) is 19.7 Å². The molecule has 4 aliphatic heterocycles. The van der Waals surface area contributed by atoms with Gasteiger partial charge in [-0.15, -0.1) is 0 Å². The fourth-order valence-electron chi connectivity index (χ4n) is 15.8. The molecule has 12 aromatic carbocycles. The summed E-state index contributed by atoms with van der Waals surface area (Å²) in [7, 11) is 0. The van der Waals surface area contributed by atoms with Gasteiger partial charge in [-0.1, -0.05) is 170 Å². The van der Waals surface area contributed by atoms with Gasteiger partial charge in [0.05, 0.1) is 19.7 Å². The average Bonchev–Trinajstić information content (AvgIpc) is 0.728. The molecule has 0 aromatic heterocycles. The molecule has 0 N–H and O–H groups in total. The van der Waals surface area contributed by atoms with Crippen LogP contribution in [0.1, 0.15) is 164 Å². The Labute approximate surface area is 619 Å². The van der Waals surface area contributed by atoms with Crippen LogP contribution in [0.2, 0.25) is 0 Å². The van der Waals surface area contributed by atoms with E-state index in [4.69, 9.17) is 37.9 Å². The lowest BCUT2D eigenvalue weighted by atomic mass is 9.75. The van der Waals surface area contributed by atoms with Gasteiger partial charge in [0.2, 0.25) is 0 Å². The van der Waals surface area contributed by atoms with Crippen molar-refractivity contribution in [3.05, 3.63) is 396 Å². The summed E-state index contributed by atoms with van der Waals surface area (Å²) in [6.45, 7) is 0. The van der Waals surface area contributed by atoms with E-state index in [1.165, 1.54) is 48.5 Å². The Morgan fingerprint density at radius 3 is 0.583 bits per heavy atom. The molecule has 20 nitrogen and oxygen atoms in total. The number of benzene rings is 12. The summed E-state index contributed by atoms with van der Waals surface area (Å²) in [5.74, 6) is 0.0339. The number of hydrogen-bond donors (Lipinski definition) is 0. The Morgan fingerprint density at radius 2 is 0.407 bits per heavy atom. The van der Waals surface area contributed by atoms with Crippen molar-refractivity contribution in [3.8, 4) is 46.0 Å². The molecule has 8 bridgehead atoms. The Balaban J connectivity index is 1.02. The quantitative estimate of drug-likeness (QED) is 0.0508. The number of non-ortho nitro benzene ring substituents is 4. The molecule has 20 heteroatoms. The van der Waals surface area contributed by atoms with Crippen LogP contribution in [0.4, 0.5) is 22.7 Å². The number of ether oxygens (including phenoxy) is 8. The summed E-state index contributed by atoms with van der Waals surface area (Å²) in [6, 6.07) is 80.9. The maximum absolute atomic E-state index is 12.8. The van der Waals surface area contributed by atoms with Crippen LogP contribution in [0, 0.1) is 40.5 Å². The molecule has 1 aliphatic carbocycles. The molecule has 0 spiro atoms. The van der Waals surface area contributed by atoms with Crippen molar-refractivity contribution < 1.29 is 57.6 Å². The SMILES string of the molecule is O=[N+]([O-])c1cccc(C2Oc3cc4c5cc3C(CCc3ccccc3)c3cc6c(cc3O2)OC(c2cccc([N+](=O)[O-])c2)Oc2cc3c(cc2C6CCc2ccccc2)C(CCc2ccccc2)c2cc(c(cc2OC(c2cccc([N+](=O)[O-])c2)O3)OC(c2cccc([N+](=O)[O-])c2)O4)C5CCc2ccccc2)c1. The number of hydrogen-bond acceptors (Lipinski definition) is 16. The number of rotatable bonds is 20. The highest BCUT2D eigenvalue weighted by Gasteiger charge is 2.42. The van der Waals surface area contributed by atoms with Crippen molar-refractivity contribution in [2.75, 3.05) is 0 Å². The number of nitro benzene ring substituents is 4. The van der Waals surface area contributed by atoms with Gasteiger partial charge in [0.25, 0.3) is 47.9 Å². The zero-order valence-electron chi connectivity index (χ0n) is 58.0. The van der Waals surface area contributed by atoms with E-state index in [-0.39, 0.29) is 22.7 Å². The molecule has 0 amide bonds. The first-order chi connectivity index (χ1) is 52.7. The molecule has 12 aromatic rings. The molecular formula is C88H68N4O16. The number of aryl methyl sites for hydroxylation is 4. The largest absolute Gasteiger partial charge is 0.450 e. The highest BCUT2D eigenvalue weighted by molar-refractivity contribution is 5.66. The van der Waals surface area contributed by atoms with E-state index < -0.39 is 68.5 Å². The Hall–Kier alpha value is -13.4. The fourth-order valence-corrected chi connectivity index (χ4v) is 15.8. The molecule has 0 atom stereocenters. The third-order valence-corrected chi connectivity index (χ3v) is 21.1. The summed E-state index contributed by atoms with van der Waals surface area (Å²) in [5.41, 5.74) is 10.2. The second-order valence-corrected chi connectivity index (χ2v) is 27.7. The van der Waals surface area contributed by atoms with E-state index in [9.17, 15) is 40.5 Å². The second-order valence-electron chi connectivity index (χ2n) is 27.7. The maximum atomic E-state index is 12.8. The minimum absolute atomic E-state index is 0.219. The number of nitrogens with zero attached hydrogens (tertiary/aromatic N) is 4. The third-order valence-electron chi connectivity index (χ3n) is 21.1. The lowest BCUT2D eigenvalue weighted by molar-refractivity contribution is -0.385. The van der Waals surface area contributed by atoms with Crippen LogP contribution in [0.15, 0.2) is 267 Å². The van der Waals surface area contributed by atoms with Gasteiger partial charge in [0.15, 0.2) is 0 Å². The smallest absolute Gasteiger partial charge is 0.269 e. The van der Waals surface area contributed by atoms with E-state index in [1.54, 1.807) is 48.5 Å². The van der Waals surface area contributed by atoms with Crippen molar-refractivity contribution in [2.45, 2.75) is 100 Å².